The third-order valence-electron chi connectivity index (χ3n) is 3.84. The van der Waals surface area contributed by atoms with Crippen molar-refractivity contribution in [2.45, 2.75) is 64.2 Å². The molecule has 2 saturated heterocycles. The van der Waals surface area contributed by atoms with E-state index in [0.717, 1.165) is 26.1 Å². The zero-order valence-electron chi connectivity index (χ0n) is 13.0. The summed E-state index contributed by atoms with van der Waals surface area (Å²) in [5.74, 6) is 0. The molecule has 5 heteroatoms. The summed E-state index contributed by atoms with van der Waals surface area (Å²) in [6.45, 7) is 9.33. The van der Waals surface area contributed by atoms with Crippen LogP contribution in [-0.2, 0) is 9.47 Å². The highest BCUT2D eigenvalue weighted by molar-refractivity contribution is 5.67. The topological polar surface area (TPSA) is 50.8 Å². The van der Waals surface area contributed by atoms with Crippen LogP contribution in [-0.4, -0.2) is 55.0 Å². The minimum Gasteiger partial charge on any atom is -0.444 e. The fourth-order valence-corrected chi connectivity index (χ4v) is 2.93. The van der Waals surface area contributed by atoms with Crippen molar-refractivity contribution in [3.63, 3.8) is 0 Å². The Labute approximate surface area is 122 Å². The Bertz CT molecular complexity index is 322. The molecule has 2 heterocycles. The lowest BCUT2D eigenvalue weighted by Crippen LogP contribution is -2.44. The third-order valence-corrected chi connectivity index (χ3v) is 3.84. The largest absolute Gasteiger partial charge is 0.444 e. The predicted molar refractivity (Wildman–Crippen MR) is 77.8 cm³/mol. The second kappa shape index (κ2) is 6.76. The molecule has 5 nitrogen and oxygen atoms in total. The Balaban J connectivity index is 1.72. The van der Waals surface area contributed by atoms with E-state index in [9.17, 15) is 4.79 Å². The van der Waals surface area contributed by atoms with Gasteiger partial charge < -0.3 is 14.8 Å². The molecule has 2 atom stereocenters. The molecule has 1 amide bonds. The van der Waals surface area contributed by atoms with Gasteiger partial charge in [-0.05, 0) is 53.0 Å². The van der Waals surface area contributed by atoms with E-state index in [4.69, 9.17) is 9.47 Å². The standard InChI is InChI=1S/C15H28N2O3/c1-15(2,3)20-14(18)16-10-12-6-4-8-17(12)11-13-7-5-9-19-13/h12-13H,4-11H2,1-3H3,(H,16,18)/t12-,13+/m1/s1. The van der Waals surface area contributed by atoms with Crippen molar-refractivity contribution in [1.82, 2.24) is 10.2 Å². The highest BCUT2D eigenvalue weighted by atomic mass is 16.6. The van der Waals surface area contributed by atoms with Crippen LogP contribution in [0.15, 0.2) is 0 Å². The Morgan fingerprint density at radius 1 is 1.35 bits per heavy atom. The van der Waals surface area contributed by atoms with E-state index in [1.165, 1.54) is 19.3 Å². The number of alkyl carbamates (subject to hydrolysis) is 1. The first kappa shape index (κ1) is 15.6. The molecule has 2 rings (SSSR count). The molecule has 2 aliphatic rings. The van der Waals surface area contributed by atoms with Crippen molar-refractivity contribution >= 4 is 6.09 Å². The summed E-state index contributed by atoms with van der Waals surface area (Å²) in [6.07, 6.45) is 4.76. The summed E-state index contributed by atoms with van der Waals surface area (Å²) >= 11 is 0. The molecular weight excluding hydrogens is 256 g/mol. The number of likely N-dealkylation sites (tertiary alicyclic amines) is 1. The van der Waals surface area contributed by atoms with Crippen molar-refractivity contribution in [1.29, 1.82) is 0 Å². The van der Waals surface area contributed by atoms with Crippen LogP contribution in [0.1, 0.15) is 46.5 Å². The smallest absolute Gasteiger partial charge is 0.407 e. The molecular formula is C15H28N2O3. The van der Waals surface area contributed by atoms with E-state index in [1.54, 1.807) is 0 Å². The maximum absolute atomic E-state index is 11.7. The predicted octanol–water partition coefficient (Wildman–Crippen LogP) is 2.15. The first-order chi connectivity index (χ1) is 9.44. The van der Waals surface area contributed by atoms with E-state index in [2.05, 4.69) is 10.2 Å². The normalized spacial score (nSPS) is 27.8. The molecule has 20 heavy (non-hydrogen) atoms. The average Bonchev–Trinajstić information content (AvgIpc) is 2.96. The summed E-state index contributed by atoms with van der Waals surface area (Å²) < 4.78 is 11.0. The molecule has 0 radical (unpaired) electrons. The molecule has 0 unspecified atom stereocenters. The van der Waals surface area contributed by atoms with Gasteiger partial charge in [0.15, 0.2) is 0 Å². The van der Waals surface area contributed by atoms with Gasteiger partial charge in [0.25, 0.3) is 0 Å². The van der Waals surface area contributed by atoms with Gasteiger partial charge in [0.2, 0.25) is 0 Å². The summed E-state index contributed by atoms with van der Waals surface area (Å²) in [5.41, 5.74) is -0.433. The Hall–Kier alpha value is -0.810. The quantitative estimate of drug-likeness (QED) is 0.859. The molecule has 0 aromatic carbocycles. The lowest BCUT2D eigenvalue weighted by molar-refractivity contribution is 0.0488. The molecule has 0 spiro atoms. The van der Waals surface area contributed by atoms with Crippen LogP contribution in [0.3, 0.4) is 0 Å². The molecule has 0 aliphatic carbocycles. The molecule has 0 bridgehead atoms. The van der Waals surface area contributed by atoms with Gasteiger partial charge in [0.05, 0.1) is 6.10 Å². The molecule has 0 aromatic rings. The highest BCUT2D eigenvalue weighted by Crippen LogP contribution is 2.21. The molecule has 0 saturated carbocycles. The van der Waals surface area contributed by atoms with E-state index < -0.39 is 5.60 Å². The van der Waals surface area contributed by atoms with Crippen molar-refractivity contribution in [2.75, 3.05) is 26.2 Å². The van der Waals surface area contributed by atoms with E-state index in [0.29, 0.717) is 18.7 Å². The van der Waals surface area contributed by atoms with Gasteiger partial charge in [-0.2, -0.15) is 0 Å². The van der Waals surface area contributed by atoms with Crippen molar-refractivity contribution in [2.24, 2.45) is 0 Å². The number of amides is 1. The Kier molecular flexibility index (Phi) is 5.27. The van der Waals surface area contributed by atoms with E-state index >= 15 is 0 Å². The van der Waals surface area contributed by atoms with Crippen LogP contribution in [0.4, 0.5) is 4.79 Å². The van der Waals surface area contributed by atoms with Crippen LogP contribution in [0.5, 0.6) is 0 Å². The number of carbonyl (C=O) groups is 1. The lowest BCUT2D eigenvalue weighted by Gasteiger charge is -2.27. The Morgan fingerprint density at radius 2 is 2.15 bits per heavy atom. The zero-order valence-corrected chi connectivity index (χ0v) is 13.0. The van der Waals surface area contributed by atoms with Crippen molar-refractivity contribution in [3.8, 4) is 0 Å². The van der Waals surface area contributed by atoms with Crippen LogP contribution in [0.2, 0.25) is 0 Å². The maximum atomic E-state index is 11.7. The van der Waals surface area contributed by atoms with Crippen LogP contribution in [0.25, 0.3) is 0 Å². The van der Waals surface area contributed by atoms with Crippen LogP contribution in [0, 0.1) is 0 Å². The second-order valence-corrected chi connectivity index (χ2v) is 6.81. The minimum absolute atomic E-state index is 0.318. The fraction of sp³-hybridized carbons (Fsp3) is 0.933. The highest BCUT2D eigenvalue weighted by Gasteiger charge is 2.29. The van der Waals surface area contributed by atoms with Crippen molar-refractivity contribution < 1.29 is 14.3 Å². The number of carbonyl (C=O) groups excluding carboxylic acids is 1. The molecule has 116 valence electrons. The first-order valence-electron chi connectivity index (χ1n) is 7.76. The fourth-order valence-electron chi connectivity index (χ4n) is 2.93. The summed E-state index contributed by atoms with van der Waals surface area (Å²) in [7, 11) is 0. The first-order valence-corrected chi connectivity index (χ1v) is 7.76. The summed E-state index contributed by atoms with van der Waals surface area (Å²) in [4.78, 5) is 14.1. The zero-order chi connectivity index (χ0) is 14.6. The summed E-state index contributed by atoms with van der Waals surface area (Å²) in [5, 5.41) is 2.89. The number of rotatable bonds is 4. The van der Waals surface area contributed by atoms with Gasteiger partial charge in [-0.1, -0.05) is 0 Å². The number of nitrogens with one attached hydrogen (secondary N) is 1. The Morgan fingerprint density at radius 3 is 2.80 bits per heavy atom. The van der Waals surface area contributed by atoms with Gasteiger partial charge in [0.1, 0.15) is 5.60 Å². The molecule has 2 aliphatic heterocycles. The molecule has 2 fully saturated rings. The second-order valence-electron chi connectivity index (χ2n) is 6.81. The lowest BCUT2D eigenvalue weighted by atomic mass is 10.2. The van der Waals surface area contributed by atoms with Gasteiger partial charge in [-0.3, -0.25) is 4.90 Å². The van der Waals surface area contributed by atoms with Gasteiger partial charge in [-0.25, -0.2) is 4.79 Å². The molecule has 0 aromatic heterocycles. The number of ether oxygens (including phenoxy) is 2. The SMILES string of the molecule is CC(C)(C)OC(=O)NC[C@H]1CCCN1C[C@@H]1CCCO1. The van der Waals surface area contributed by atoms with Crippen molar-refractivity contribution in [3.05, 3.63) is 0 Å². The monoisotopic (exact) mass is 284 g/mol. The maximum Gasteiger partial charge on any atom is 0.407 e. The van der Waals surface area contributed by atoms with Gasteiger partial charge in [0, 0.05) is 25.7 Å². The number of hydrogen-bond acceptors (Lipinski definition) is 4. The van der Waals surface area contributed by atoms with Crippen LogP contribution < -0.4 is 5.32 Å². The molecule has 1 N–H and O–H groups in total. The van der Waals surface area contributed by atoms with E-state index in [1.807, 2.05) is 20.8 Å². The number of nitrogens with zero attached hydrogens (tertiary/aromatic N) is 1. The summed E-state index contributed by atoms with van der Waals surface area (Å²) in [6, 6.07) is 0.423. The van der Waals surface area contributed by atoms with E-state index in [-0.39, 0.29) is 6.09 Å². The van der Waals surface area contributed by atoms with Gasteiger partial charge in [-0.15, -0.1) is 0 Å². The third kappa shape index (κ3) is 4.94. The van der Waals surface area contributed by atoms with Gasteiger partial charge >= 0.3 is 6.09 Å². The number of hydrogen-bond donors (Lipinski definition) is 1. The van der Waals surface area contributed by atoms with Crippen LogP contribution >= 0.6 is 0 Å². The average molecular weight is 284 g/mol. The minimum atomic E-state index is -0.433.